The van der Waals surface area contributed by atoms with Gasteiger partial charge in [-0.2, -0.15) is 26.3 Å². The van der Waals surface area contributed by atoms with Crippen LogP contribution in [-0.4, -0.2) is 30.8 Å². The van der Waals surface area contributed by atoms with E-state index in [9.17, 15) is 26.3 Å². The van der Waals surface area contributed by atoms with Crippen LogP contribution in [0.25, 0.3) is 0 Å². The highest BCUT2D eigenvalue weighted by Gasteiger charge is 2.30. The van der Waals surface area contributed by atoms with Crippen LogP contribution in [0.15, 0.2) is 47.6 Å². The van der Waals surface area contributed by atoms with E-state index >= 15 is 0 Å². The van der Waals surface area contributed by atoms with Gasteiger partial charge in [0, 0.05) is 32.4 Å². The molecule has 166 valence electrons. The average Bonchev–Trinajstić information content (AvgIpc) is 2.66. The normalized spacial score (nSPS) is 12.2. The molecule has 2 aromatic rings. The lowest BCUT2D eigenvalue weighted by Gasteiger charge is -2.13. The van der Waals surface area contributed by atoms with Crippen molar-refractivity contribution in [2.45, 2.75) is 25.4 Å². The molecule has 1 heterocycles. The number of pyridine rings is 1. The van der Waals surface area contributed by atoms with Gasteiger partial charge in [-0.25, -0.2) is 4.98 Å². The Hall–Kier alpha value is -2.25. The second-order valence-corrected chi connectivity index (χ2v) is 5.88. The number of hydrogen-bond donors (Lipinski definition) is 2. The average molecular weight is 548 g/mol. The number of alkyl halides is 6. The molecular formula is C18H19F6IN4O. The van der Waals surface area contributed by atoms with Crippen LogP contribution in [0.2, 0.25) is 0 Å². The summed E-state index contributed by atoms with van der Waals surface area (Å²) in [5.41, 5.74) is 0.493. The molecule has 0 aliphatic carbocycles. The quantitative estimate of drug-likeness (QED) is 0.241. The first kappa shape index (κ1) is 25.8. The smallest absolute Gasteiger partial charge is 0.422 e. The zero-order valence-electron chi connectivity index (χ0n) is 15.6. The van der Waals surface area contributed by atoms with Gasteiger partial charge in [0.1, 0.15) is 0 Å². The van der Waals surface area contributed by atoms with Crippen LogP contribution in [0.1, 0.15) is 16.7 Å². The Morgan fingerprint density at radius 2 is 1.57 bits per heavy atom. The summed E-state index contributed by atoms with van der Waals surface area (Å²) < 4.78 is 78.9. The highest BCUT2D eigenvalue weighted by molar-refractivity contribution is 14.0. The van der Waals surface area contributed by atoms with Crippen LogP contribution in [-0.2, 0) is 19.3 Å². The maximum Gasteiger partial charge on any atom is 0.422 e. The molecule has 1 aromatic heterocycles. The van der Waals surface area contributed by atoms with Gasteiger partial charge in [-0.3, -0.25) is 4.99 Å². The third-order valence-corrected chi connectivity index (χ3v) is 3.61. The van der Waals surface area contributed by atoms with Gasteiger partial charge in [-0.15, -0.1) is 24.0 Å². The van der Waals surface area contributed by atoms with Crippen molar-refractivity contribution >= 4 is 29.9 Å². The lowest BCUT2D eigenvalue weighted by Crippen LogP contribution is -2.36. The minimum atomic E-state index is -4.46. The second kappa shape index (κ2) is 11.2. The molecule has 0 saturated heterocycles. The Bertz CT molecular complexity index is 825. The number of nitrogens with zero attached hydrogens (tertiary/aromatic N) is 2. The van der Waals surface area contributed by atoms with Crippen LogP contribution in [0.4, 0.5) is 26.3 Å². The zero-order chi connectivity index (χ0) is 21.5. The number of halogens is 7. The van der Waals surface area contributed by atoms with Crippen molar-refractivity contribution < 1.29 is 31.1 Å². The number of guanidine groups is 1. The number of aromatic nitrogens is 1. The molecule has 1 aromatic carbocycles. The predicted octanol–water partition coefficient (Wildman–Crippen LogP) is 4.52. The summed E-state index contributed by atoms with van der Waals surface area (Å²) >= 11 is 0. The third kappa shape index (κ3) is 9.05. The number of nitrogens with one attached hydrogen (secondary N) is 2. The van der Waals surface area contributed by atoms with E-state index in [1.54, 1.807) is 6.07 Å². The molecule has 0 saturated carbocycles. The topological polar surface area (TPSA) is 58.5 Å². The predicted molar refractivity (Wildman–Crippen MR) is 110 cm³/mol. The molecule has 0 radical (unpaired) electrons. The molecule has 12 heteroatoms. The summed E-state index contributed by atoms with van der Waals surface area (Å²) in [5, 5.41) is 5.88. The van der Waals surface area contributed by atoms with Gasteiger partial charge in [-0.1, -0.05) is 12.1 Å². The van der Waals surface area contributed by atoms with Gasteiger partial charge in [0.05, 0.1) is 5.56 Å². The van der Waals surface area contributed by atoms with Crippen molar-refractivity contribution in [1.29, 1.82) is 0 Å². The van der Waals surface area contributed by atoms with E-state index in [4.69, 9.17) is 0 Å². The van der Waals surface area contributed by atoms with E-state index in [1.807, 2.05) is 0 Å². The van der Waals surface area contributed by atoms with Crippen LogP contribution in [0, 0.1) is 0 Å². The molecule has 0 fully saturated rings. The van der Waals surface area contributed by atoms with E-state index in [2.05, 4.69) is 25.3 Å². The van der Waals surface area contributed by atoms with Crippen LogP contribution in [0.5, 0.6) is 5.88 Å². The van der Waals surface area contributed by atoms with Gasteiger partial charge in [0.15, 0.2) is 12.6 Å². The molecule has 0 bridgehead atoms. The van der Waals surface area contributed by atoms with Crippen molar-refractivity contribution in [3.63, 3.8) is 0 Å². The summed E-state index contributed by atoms with van der Waals surface area (Å²) in [7, 11) is 1.51. The molecule has 0 aliphatic heterocycles. The minimum Gasteiger partial charge on any atom is -0.468 e. The van der Waals surface area contributed by atoms with Crippen molar-refractivity contribution in [3.8, 4) is 5.88 Å². The van der Waals surface area contributed by atoms with Crippen molar-refractivity contribution in [1.82, 2.24) is 15.6 Å². The summed E-state index contributed by atoms with van der Waals surface area (Å²) in [5.74, 6) is 0.203. The molecule has 0 atom stereocenters. The van der Waals surface area contributed by atoms with Crippen molar-refractivity contribution in [2.24, 2.45) is 4.99 Å². The van der Waals surface area contributed by atoms with Crippen molar-refractivity contribution in [2.75, 3.05) is 13.7 Å². The van der Waals surface area contributed by atoms with E-state index in [0.29, 0.717) is 17.1 Å². The molecule has 0 aliphatic rings. The molecule has 5 nitrogen and oxygen atoms in total. The molecule has 0 amide bonds. The molecule has 0 unspecified atom stereocenters. The van der Waals surface area contributed by atoms with Crippen LogP contribution < -0.4 is 15.4 Å². The SMILES string of the molecule is CN=C(NCc1ccc(C(F)(F)F)cc1)NCc1ccnc(OCC(F)(F)F)c1.I. The molecule has 2 rings (SSSR count). The largest absolute Gasteiger partial charge is 0.468 e. The van der Waals surface area contributed by atoms with Gasteiger partial charge >= 0.3 is 12.4 Å². The van der Waals surface area contributed by atoms with Gasteiger partial charge in [0.25, 0.3) is 0 Å². The van der Waals surface area contributed by atoms with E-state index in [-0.39, 0.29) is 42.9 Å². The first-order chi connectivity index (χ1) is 13.6. The number of ether oxygens (including phenoxy) is 1. The fourth-order valence-corrected chi connectivity index (χ4v) is 2.20. The fraction of sp³-hybridized carbons (Fsp3) is 0.333. The maximum atomic E-state index is 12.6. The van der Waals surface area contributed by atoms with E-state index in [0.717, 1.165) is 12.1 Å². The maximum absolute atomic E-state index is 12.6. The Labute approximate surface area is 186 Å². The lowest BCUT2D eigenvalue weighted by molar-refractivity contribution is -0.154. The Morgan fingerprint density at radius 3 is 2.10 bits per heavy atom. The number of rotatable bonds is 6. The van der Waals surface area contributed by atoms with Gasteiger partial charge in [0.2, 0.25) is 5.88 Å². The fourth-order valence-electron chi connectivity index (χ4n) is 2.20. The van der Waals surface area contributed by atoms with Crippen LogP contribution in [0.3, 0.4) is 0 Å². The summed E-state index contributed by atoms with van der Waals surface area (Å²) in [4.78, 5) is 7.70. The summed E-state index contributed by atoms with van der Waals surface area (Å²) in [6.07, 6.45) is -7.53. The summed E-state index contributed by atoms with van der Waals surface area (Å²) in [6, 6.07) is 7.66. The number of hydrogen-bond acceptors (Lipinski definition) is 3. The third-order valence-electron chi connectivity index (χ3n) is 3.61. The second-order valence-electron chi connectivity index (χ2n) is 5.88. The Balaban J connectivity index is 0.00000450. The highest BCUT2D eigenvalue weighted by Crippen LogP contribution is 2.29. The highest BCUT2D eigenvalue weighted by atomic mass is 127. The molecule has 0 spiro atoms. The summed E-state index contributed by atoms with van der Waals surface area (Å²) in [6.45, 7) is -0.987. The minimum absolute atomic E-state index is 0. The molecular weight excluding hydrogens is 529 g/mol. The monoisotopic (exact) mass is 548 g/mol. The molecule has 30 heavy (non-hydrogen) atoms. The van der Waals surface area contributed by atoms with Crippen molar-refractivity contribution in [3.05, 3.63) is 59.3 Å². The van der Waals surface area contributed by atoms with Gasteiger partial charge < -0.3 is 15.4 Å². The Kier molecular flexibility index (Phi) is 9.65. The van der Waals surface area contributed by atoms with E-state index in [1.165, 1.54) is 31.4 Å². The molecule has 2 N–H and O–H groups in total. The standard InChI is InChI=1S/C18H18F6N4O.HI/c1-25-16(27-9-12-2-4-14(5-3-12)18(22,23)24)28-10-13-6-7-26-15(8-13)29-11-17(19,20)21;/h2-8H,9-11H2,1H3,(H2,25,27,28);1H. The van der Waals surface area contributed by atoms with Crippen LogP contribution >= 0.6 is 24.0 Å². The first-order valence-electron chi connectivity index (χ1n) is 8.32. The van der Waals surface area contributed by atoms with Gasteiger partial charge in [-0.05, 0) is 29.3 Å². The zero-order valence-corrected chi connectivity index (χ0v) is 18.0. The first-order valence-corrected chi connectivity index (χ1v) is 8.32. The number of aliphatic imine (C=N–C) groups is 1. The van der Waals surface area contributed by atoms with E-state index < -0.39 is 24.5 Å². The number of benzene rings is 1. The lowest BCUT2D eigenvalue weighted by atomic mass is 10.1. The Morgan fingerprint density at radius 1 is 0.967 bits per heavy atom.